The summed E-state index contributed by atoms with van der Waals surface area (Å²) in [6.45, 7) is 65.6. The van der Waals surface area contributed by atoms with Gasteiger partial charge < -0.3 is 36.0 Å². The first-order valence-corrected chi connectivity index (χ1v) is 44.7. The monoisotopic (exact) mass is 1150 g/mol. The van der Waals surface area contributed by atoms with Gasteiger partial charge in [-0.3, -0.25) is 0 Å². The van der Waals surface area contributed by atoms with Crippen LogP contribution in [0, 0.1) is 0 Å². The molecule has 0 radical (unpaired) electrons. The molecule has 0 aromatic heterocycles. The van der Waals surface area contributed by atoms with Gasteiger partial charge in [0.25, 0.3) is 49.9 Å². The normalized spacial score (nSPS) is 14.0. The fourth-order valence-electron chi connectivity index (χ4n) is 6.14. The fourth-order valence-corrected chi connectivity index (χ4v) is 12.2. The number of ether oxygens (including phenoxy) is 2. The van der Waals surface area contributed by atoms with Crippen LogP contribution in [0.4, 0.5) is 0 Å². The van der Waals surface area contributed by atoms with E-state index in [2.05, 4.69) is 203 Å². The molecule has 0 spiro atoms. The SMILES string of the molecule is CC(C)(C)[Si](C)(C)Oc1cc(C(=O)Oc2ccc3ccccc3c2OC(=O)c2cc(O[Si](C)(C)C(C)(C)C)c(O[Si](C)(C)C(C)(C)C)c(O[Si](C)(C)C(C)(C)C)c2)cc(O[Si](C)(C)C(C)(C)C)c1O[Si](C)(C)C(C)(C)C. The van der Waals surface area contributed by atoms with Crippen LogP contribution < -0.4 is 36.0 Å². The molecular weight excluding hydrogens is 1050 g/mol. The summed E-state index contributed by atoms with van der Waals surface area (Å²) in [5.41, 5.74) is 0.403. The Morgan fingerprint density at radius 1 is 0.316 bits per heavy atom. The number of benzene rings is 4. The van der Waals surface area contributed by atoms with Crippen LogP contribution in [-0.4, -0.2) is 61.8 Å². The first-order valence-electron chi connectivity index (χ1n) is 27.2. The van der Waals surface area contributed by atoms with E-state index in [4.69, 9.17) is 36.0 Å². The van der Waals surface area contributed by atoms with Gasteiger partial charge in [0, 0.05) is 5.39 Å². The van der Waals surface area contributed by atoms with E-state index in [0.29, 0.717) is 39.9 Å². The van der Waals surface area contributed by atoms with E-state index in [-0.39, 0.29) is 52.9 Å². The van der Waals surface area contributed by atoms with E-state index >= 15 is 9.59 Å². The second-order valence-electron chi connectivity index (χ2n) is 30.2. The molecule has 0 atom stereocenters. The van der Waals surface area contributed by atoms with Crippen molar-refractivity contribution in [2.24, 2.45) is 0 Å². The summed E-state index contributed by atoms with van der Waals surface area (Å²) in [5.74, 6) is 1.56. The predicted octanol–water partition coefficient (Wildman–Crippen LogP) is 19.6. The third-order valence-corrected chi connectivity index (χ3v) is 43.8. The minimum Gasteiger partial charge on any atom is -0.541 e. The molecule has 4 aromatic rings. The van der Waals surface area contributed by atoms with E-state index in [1.807, 2.05) is 30.3 Å². The Balaban J connectivity index is 2.04. The van der Waals surface area contributed by atoms with Crippen LogP contribution in [0.5, 0.6) is 46.0 Å². The Bertz CT molecular complexity index is 2670. The van der Waals surface area contributed by atoms with Gasteiger partial charge in [0.05, 0.1) is 11.1 Å². The third kappa shape index (κ3) is 14.5. The van der Waals surface area contributed by atoms with Crippen molar-refractivity contribution in [3.05, 3.63) is 71.8 Å². The average Bonchev–Trinajstić information content (AvgIpc) is 3.20. The van der Waals surface area contributed by atoms with Gasteiger partial charge in [-0.25, -0.2) is 9.59 Å². The molecule has 424 valence electrons. The van der Waals surface area contributed by atoms with Crippen molar-refractivity contribution in [1.29, 1.82) is 0 Å². The number of carbonyl (C=O) groups excluding carboxylic acids is 2. The van der Waals surface area contributed by atoms with Crippen LogP contribution in [0.15, 0.2) is 60.7 Å². The standard InChI is InChI=1S/C60H100O10Si6/c1-55(2,3)71(19,20)65-46-37-42(38-47(66-72(21,22)56(4,5)6)51(46)69-75(27,28)59(13,14)15)53(61)63-45-36-35-41-33-31-32-34-44(41)50(45)64-54(62)43-39-48(67-73(23,24)57(7,8)9)52(70-76(29,30)60(16,17)18)49(40-43)68-74(25,26)58(10,11)12/h31-40H,1-30H3. The summed E-state index contributed by atoms with van der Waals surface area (Å²) < 4.78 is 56.1. The molecule has 0 aliphatic carbocycles. The quantitative estimate of drug-likeness (QED) is 0.0611. The average molecular weight is 1150 g/mol. The van der Waals surface area contributed by atoms with E-state index in [1.54, 1.807) is 30.3 Å². The highest BCUT2D eigenvalue weighted by Gasteiger charge is 2.48. The summed E-state index contributed by atoms with van der Waals surface area (Å²) >= 11 is 0. The van der Waals surface area contributed by atoms with Crippen LogP contribution in [-0.2, 0) is 0 Å². The minimum absolute atomic E-state index is 0.0609. The Labute approximate surface area is 466 Å². The molecule has 0 aliphatic heterocycles. The van der Waals surface area contributed by atoms with E-state index < -0.39 is 61.8 Å². The highest BCUT2D eigenvalue weighted by Crippen LogP contribution is 2.53. The van der Waals surface area contributed by atoms with Gasteiger partial charge in [-0.05, 0) is 145 Å². The topological polar surface area (TPSA) is 108 Å². The molecule has 0 amide bonds. The van der Waals surface area contributed by atoms with Crippen molar-refractivity contribution in [2.45, 2.75) is 233 Å². The second-order valence-corrected chi connectivity index (χ2v) is 58.5. The van der Waals surface area contributed by atoms with Crippen molar-refractivity contribution in [3.8, 4) is 46.0 Å². The minimum atomic E-state index is -2.56. The van der Waals surface area contributed by atoms with Gasteiger partial charge in [0.15, 0.2) is 23.0 Å². The smallest absolute Gasteiger partial charge is 0.343 e. The van der Waals surface area contributed by atoms with Crippen LogP contribution >= 0.6 is 0 Å². The van der Waals surface area contributed by atoms with Gasteiger partial charge in [0.2, 0.25) is 0 Å². The number of rotatable bonds is 16. The number of carbonyl (C=O) groups is 2. The lowest BCUT2D eigenvalue weighted by Crippen LogP contribution is -2.47. The van der Waals surface area contributed by atoms with E-state index in [0.717, 1.165) is 5.39 Å². The van der Waals surface area contributed by atoms with Crippen molar-refractivity contribution < 1.29 is 45.6 Å². The molecule has 16 heteroatoms. The second kappa shape index (κ2) is 21.3. The highest BCUT2D eigenvalue weighted by molar-refractivity contribution is 6.77. The summed E-state index contributed by atoms with van der Waals surface area (Å²) in [4.78, 5) is 30.2. The van der Waals surface area contributed by atoms with Crippen molar-refractivity contribution in [3.63, 3.8) is 0 Å². The summed E-state index contributed by atoms with van der Waals surface area (Å²) in [6.07, 6.45) is 0. The lowest BCUT2D eigenvalue weighted by atomic mass is 10.1. The number of esters is 2. The Morgan fingerprint density at radius 3 is 0.868 bits per heavy atom. The molecule has 10 nitrogen and oxygen atoms in total. The molecule has 0 N–H and O–H groups in total. The van der Waals surface area contributed by atoms with Gasteiger partial charge in [-0.2, -0.15) is 0 Å². The first kappa shape index (κ1) is 64.7. The maximum Gasteiger partial charge on any atom is 0.343 e. The maximum absolute atomic E-state index is 15.2. The van der Waals surface area contributed by atoms with E-state index in [9.17, 15) is 0 Å². The Kier molecular flexibility index (Phi) is 18.2. The zero-order chi connectivity index (χ0) is 58.8. The Hall–Kier alpha value is -3.82. The molecule has 0 saturated carbocycles. The molecule has 0 bridgehead atoms. The molecule has 76 heavy (non-hydrogen) atoms. The lowest BCUT2D eigenvalue weighted by Gasteiger charge is -2.42. The summed E-state index contributed by atoms with van der Waals surface area (Å²) in [6, 6.07) is 18.0. The molecular formula is C60H100O10Si6. The van der Waals surface area contributed by atoms with Crippen LogP contribution in [0.1, 0.15) is 145 Å². The third-order valence-electron chi connectivity index (χ3n) is 17.8. The number of hydrogen-bond donors (Lipinski definition) is 0. The zero-order valence-corrected chi connectivity index (χ0v) is 58.9. The van der Waals surface area contributed by atoms with Crippen molar-refractivity contribution >= 4 is 72.6 Å². The van der Waals surface area contributed by atoms with Crippen molar-refractivity contribution in [2.75, 3.05) is 0 Å². The largest absolute Gasteiger partial charge is 0.541 e. The summed E-state index contributed by atoms with van der Waals surface area (Å²) in [7, 11) is -15.3. The maximum atomic E-state index is 15.2. The van der Waals surface area contributed by atoms with Crippen molar-refractivity contribution in [1.82, 2.24) is 0 Å². The zero-order valence-electron chi connectivity index (χ0n) is 52.9. The predicted molar refractivity (Wildman–Crippen MR) is 334 cm³/mol. The number of fused-ring (bicyclic) bond motifs is 1. The summed E-state index contributed by atoms with van der Waals surface area (Å²) in [5, 5.41) is 0.307. The first-order chi connectivity index (χ1) is 33.8. The van der Waals surface area contributed by atoms with Gasteiger partial charge in [-0.1, -0.05) is 155 Å². The molecule has 0 unspecified atom stereocenters. The molecule has 4 rings (SSSR count). The van der Waals surface area contributed by atoms with Crippen LogP contribution in [0.2, 0.25) is 109 Å². The molecule has 0 heterocycles. The van der Waals surface area contributed by atoms with Crippen LogP contribution in [0.3, 0.4) is 0 Å². The van der Waals surface area contributed by atoms with Gasteiger partial charge in [-0.15, -0.1) is 0 Å². The van der Waals surface area contributed by atoms with E-state index in [1.165, 1.54) is 0 Å². The molecule has 0 aliphatic rings. The van der Waals surface area contributed by atoms with Gasteiger partial charge in [0.1, 0.15) is 23.0 Å². The van der Waals surface area contributed by atoms with Gasteiger partial charge >= 0.3 is 11.9 Å². The molecule has 0 saturated heterocycles. The fraction of sp³-hybridized carbons (Fsp3) is 0.600. The molecule has 0 fully saturated rings. The lowest BCUT2D eigenvalue weighted by molar-refractivity contribution is 0.0684. The van der Waals surface area contributed by atoms with Crippen LogP contribution in [0.25, 0.3) is 10.8 Å². The molecule has 4 aromatic carbocycles. The number of hydrogen-bond acceptors (Lipinski definition) is 10. The highest BCUT2D eigenvalue weighted by atomic mass is 28.4. The Morgan fingerprint density at radius 2 is 0.579 bits per heavy atom.